The quantitative estimate of drug-likeness (QED) is 0.849. The number of halogens is 3. The van der Waals surface area contributed by atoms with E-state index >= 15 is 0 Å². The van der Waals surface area contributed by atoms with Crippen molar-refractivity contribution in [2.45, 2.75) is 13.1 Å². The van der Waals surface area contributed by atoms with E-state index in [9.17, 15) is 23.1 Å². The molecule has 0 aliphatic rings. The molecule has 0 amide bonds. The molecule has 0 spiro atoms. The molecule has 0 saturated heterocycles. The van der Waals surface area contributed by atoms with Gasteiger partial charge in [-0.05, 0) is 25.1 Å². The van der Waals surface area contributed by atoms with Gasteiger partial charge in [0.15, 0.2) is 6.61 Å². The first-order valence-electron chi connectivity index (χ1n) is 5.03. The van der Waals surface area contributed by atoms with Gasteiger partial charge in [-0.2, -0.15) is 13.2 Å². The first-order valence-corrected chi connectivity index (χ1v) is 5.03. The topological polar surface area (TPSA) is 55.8 Å². The highest BCUT2D eigenvalue weighted by Crippen LogP contribution is 2.25. The first kappa shape index (κ1) is 14.1. The number of rotatable bonds is 4. The number of carbonyl (C=O) groups is 1. The molecule has 0 aliphatic carbocycles. The lowest BCUT2D eigenvalue weighted by Crippen LogP contribution is -2.19. The molecule has 100 valence electrons. The van der Waals surface area contributed by atoms with E-state index in [0.29, 0.717) is 0 Å². The Morgan fingerprint density at radius 2 is 2.06 bits per heavy atom. The molecule has 18 heavy (non-hydrogen) atoms. The summed E-state index contributed by atoms with van der Waals surface area (Å²) in [5, 5.41) is 9.38. The molecule has 1 aromatic rings. The van der Waals surface area contributed by atoms with Gasteiger partial charge in [0.25, 0.3) is 0 Å². The van der Waals surface area contributed by atoms with Crippen molar-refractivity contribution in [1.29, 1.82) is 0 Å². The second-order valence-electron chi connectivity index (χ2n) is 3.30. The minimum atomic E-state index is -4.47. The molecular formula is C11H11F3O4. The Kier molecular flexibility index (Phi) is 4.41. The first-order chi connectivity index (χ1) is 8.33. The predicted molar refractivity (Wildman–Crippen MR) is 55.6 cm³/mol. The summed E-state index contributed by atoms with van der Waals surface area (Å²) < 4.78 is 44.9. The van der Waals surface area contributed by atoms with Gasteiger partial charge in [-0.15, -0.1) is 0 Å². The van der Waals surface area contributed by atoms with Gasteiger partial charge in [-0.25, -0.2) is 4.79 Å². The molecule has 0 aliphatic heterocycles. The van der Waals surface area contributed by atoms with Gasteiger partial charge < -0.3 is 14.6 Å². The fourth-order valence-corrected chi connectivity index (χ4v) is 1.14. The maximum atomic E-state index is 11.9. The summed E-state index contributed by atoms with van der Waals surface area (Å²) in [5.74, 6) is -1.38. The zero-order valence-corrected chi connectivity index (χ0v) is 9.45. The molecule has 0 bridgehead atoms. The zero-order chi connectivity index (χ0) is 13.8. The minimum absolute atomic E-state index is 0.0892. The lowest BCUT2D eigenvalue weighted by molar-refractivity contribution is -0.153. The average Bonchev–Trinajstić information content (AvgIpc) is 2.27. The number of alkyl halides is 3. The van der Waals surface area contributed by atoms with Crippen molar-refractivity contribution in [2.75, 3.05) is 13.2 Å². The Morgan fingerprint density at radius 1 is 1.39 bits per heavy atom. The number of phenols is 1. The minimum Gasteiger partial charge on any atom is -0.507 e. The second kappa shape index (κ2) is 5.61. The average molecular weight is 264 g/mol. The van der Waals surface area contributed by atoms with E-state index in [1.165, 1.54) is 0 Å². The van der Waals surface area contributed by atoms with Crippen molar-refractivity contribution in [3.63, 3.8) is 0 Å². The molecule has 0 aromatic heterocycles. The zero-order valence-electron chi connectivity index (χ0n) is 9.45. The lowest BCUT2D eigenvalue weighted by atomic mass is 10.2. The summed E-state index contributed by atoms with van der Waals surface area (Å²) in [7, 11) is 0. The van der Waals surface area contributed by atoms with Crippen LogP contribution in [0.25, 0.3) is 0 Å². The smallest absolute Gasteiger partial charge is 0.422 e. The van der Waals surface area contributed by atoms with Crippen LogP contribution in [-0.4, -0.2) is 30.5 Å². The molecule has 0 fully saturated rings. The van der Waals surface area contributed by atoms with Gasteiger partial charge in [0.05, 0.1) is 6.61 Å². The van der Waals surface area contributed by atoms with Crippen LogP contribution in [-0.2, 0) is 4.74 Å². The number of esters is 1. The molecule has 0 heterocycles. The van der Waals surface area contributed by atoms with Crippen molar-refractivity contribution >= 4 is 5.97 Å². The van der Waals surface area contributed by atoms with Crippen molar-refractivity contribution in [2.24, 2.45) is 0 Å². The van der Waals surface area contributed by atoms with E-state index in [2.05, 4.69) is 9.47 Å². The molecule has 1 aromatic carbocycles. The van der Waals surface area contributed by atoms with Crippen molar-refractivity contribution in [3.05, 3.63) is 23.8 Å². The van der Waals surface area contributed by atoms with Crippen LogP contribution in [0.4, 0.5) is 13.2 Å². The van der Waals surface area contributed by atoms with Gasteiger partial charge >= 0.3 is 12.1 Å². The Bertz CT molecular complexity index is 429. The third-order valence-corrected chi connectivity index (χ3v) is 1.87. The van der Waals surface area contributed by atoms with Gasteiger partial charge in [-0.3, -0.25) is 0 Å². The number of hydrogen-bond donors (Lipinski definition) is 1. The Balaban J connectivity index is 2.84. The fourth-order valence-electron chi connectivity index (χ4n) is 1.14. The SMILES string of the molecule is CCOC(=O)c1cc(OCC(F)(F)F)ccc1O. The third kappa shape index (κ3) is 4.15. The van der Waals surface area contributed by atoms with Crippen molar-refractivity contribution in [3.8, 4) is 11.5 Å². The number of benzene rings is 1. The Morgan fingerprint density at radius 3 is 2.61 bits per heavy atom. The van der Waals surface area contributed by atoms with Crippen LogP contribution >= 0.6 is 0 Å². The molecular weight excluding hydrogens is 253 g/mol. The summed E-state index contributed by atoms with van der Waals surface area (Å²) >= 11 is 0. The monoisotopic (exact) mass is 264 g/mol. The maximum Gasteiger partial charge on any atom is 0.422 e. The van der Waals surface area contributed by atoms with Gasteiger partial charge in [-0.1, -0.05) is 0 Å². The Labute approximate surface area is 101 Å². The highest BCUT2D eigenvalue weighted by Gasteiger charge is 2.28. The van der Waals surface area contributed by atoms with Crippen LogP contribution in [0.2, 0.25) is 0 Å². The van der Waals surface area contributed by atoms with E-state index in [1.54, 1.807) is 6.92 Å². The highest BCUT2D eigenvalue weighted by atomic mass is 19.4. The fraction of sp³-hybridized carbons (Fsp3) is 0.364. The van der Waals surface area contributed by atoms with E-state index in [-0.39, 0.29) is 23.7 Å². The van der Waals surface area contributed by atoms with E-state index in [0.717, 1.165) is 18.2 Å². The molecule has 1 rings (SSSR count). The Hall–Kier alpha value is -1.92. The molecule has 1 N–H and O–H groups in total. The van der Waals surface area contributed by atoms with E-state index in [4.69, 9.17) is 0 Å². The summed E-state index contributed by atoms with van der Waals surface area (Å²) in [6.45, 7) is 0.185. The molecule has 7 heteroatoms. The van der Waals surface area contributed by atoms with Crippen LogP contribution < -0.4 is 4.74 Å². The summed E-state index contributed by atoms with van der Waals surface area (Å²) in [5.41, 5.74) is -0.239. The van der Waals surface area contributed by atoms with E-state index in [1.807, 2.05) is 0 Å². The highest BCUT2D eigenvalue weighted by molar-refractivity contribution is 5.92. The maximum absolute atomic E-state index is 11.9. The van der Waals surface area contributed by atoms with Gasteiger partial charge in [0, 0.05) is 0 Å². The predicted octanol–water partition coefficient (Wildman–Crippen LogP) is 2.51. The van der Waals surface area contributed by atoms with Crippen LogP contribution in [0.3, 0.4) is 0 Å². The summed E-state index contributed by atoms with van der Waals surface area (Å²) in [6, 6.07) is 3.20. The van der Waals surface area contributed by atoms with Crippen LogP contribution in [0.5, 0.6) is 11.5 Å². The number of phenolic OH excluding ortho intramolecular Hbond substituents is 1. The van der Waals surface area contributed by atoms with Gasteiger partial charge in [0.1, 0.15) is 17.1 Å². The molecule has 0 radical (unpaired) electrons. The van der Waals surface area contributed by atoms with Crippen LogP contribution in [0, 0.1) is 0 Å². The molecule has 0 atom stereocenters. The van der Waals surface area contributed by atoms with Crippen molar-refractivity contribution < 1.29 is 32.5 Å². The number of hydrogen-bond acceptors (Lipinski definition) is 4. The second-order valence-corrected chi connectivity index (χ2v) is 3.30. The van der Waals surface area contributed by atoms with Crippen molar-refractivity contribution in [1.82, 2.24) is 0 Å². The molecule has 0 saturated carbocycles. The third-order valence-electron chi connectivity index (χ3n) is 1.87. The normalized spacial score (nSPS) is 11.1. The number of carbonyl (C=O) groups excluding carboxylic acids is 1. The molecule has 0 unspecified atom stereocenters. The number of ether oxygens (including phenoxy) is 2. The van der Waals surface area contributed by atoms with E-state index < -0.39 is 18.8 Å². The number of aromatic hydroxyl groups is 1. The molecule has 4 nitrogen and oxygen atoms in total. The van der Waals surface area contributed by atoms with Crippen LogP contribution in [0.1, 0.15) is 17.3 Å². The van der Waals surface area contributed by atoms with Gasteiger partial charge in [0.2, 0.25) is 0 Å². The summed E-state index contributed by atoms with van der Waals surface area (Å²) in [4.78, 5) is 11.4. The standard InChI is InChI=1S/C11H11F3O4/c1-2-17-10(16)8-5-7(3-4-9(8)15)18-6-11(12,13)14/h3-5,15H,2,6H2,1H3. The van der Waals surface area contributed by atoms with Crippen LogP contribution in [0.15, 0.2) is 18.2 Å². The summed E-state index contributed by atoms with van der Waals surface area (Å²) in [6.07, 6.45) is -4.47. The largest absolute Gasteiger partial charge is 0.507 e. The lowest BCUT2D eigenvalue weighted by Gasteiger charge is -2.10.